The Morgan fingerprint density at radius 2 is 1.96 bits per heavy atom. The number of carbonyl (C=O) groups is 1. The molecule has 6 heteroatoms. The predicted octanol–water partition coefficient (Wildman–Crippen LogP) is 5.07. The van der Waals surface area contributed by atoms with E-state index in [4.69, 9.17) is 4.42 Å². The standard InChI is InChI=1S/C22H19N3O2S/c1-15-9-10-19(18-8-5-11-23-21(15)18)25-20(26)14-28-13-17-12-27-22(24-17)16-6-3-2-4-7-16/h2-12H,13-14H2,1H3,(H,25,26). The number of oxazole rings is 1. The van der Waals surface area contributed by atoms with Gasteiger partial charge in [-0.2, -0.15) is 0 Å². The molecule has 0 radical (unpaired) electrons. The summed E-state index contributed by atoms with van der Waals surface area (Å²) >= 11 is 1.50. The first-order valence-electron chi connectivity index (χ1n) is 8.92. The molecule has 140 valence electrons. The summed E-state index contributed by atoms with van der Waals surface area (Å²) in [7, 11) is 0. The fourth-order valence-corrected chi connectivity index (χ4v) is 3.65. The van der Waals surface area contributed by atoms with Gasteiger partial charge in [0.15, 0.2) is 0 Å². The molecule has 5 nitrogen and oxygen atoms in total. The first kappa shape index (κ1) is 18.3. The number of hydrogen-bond acceptors (Lipinski definition) is 5. The average molecular weight is 389 g/mol. The van der Waals surface area contributed by atoms with Crippen LogP contribution in [0.3, 0.4) is 0 Å². The van der Waals surface area contributed by atoms with Gasteiger partial charge in [-0.25, -0.2) is 4.98 Å². The number of fused-ring (bicyclic) bond motifs is 1. The maximum absolute atomic E-state index is 12.4. The highest BCUT2D eigenvalue weighted by Gasteiger charge is 2.10. The number of anilines is 1. The van der Waals surface area contributed by atoms with Crippen LogP contribution in [0.25, 0.3) is 22.4 Å². The molecule has 0 unspecified atom stereocenters. The van der Waals surface area contributed by atoms with Crippen molar-refractivity contribution in [2.75, 3.05) is 11.1 Å². The van der Waals surface area contributed by atoms with Gasteiger partial charge in [0.05, 0.1) is 22.7 Å². The molecule has 0 saturated carbocycles. The van der Waals surface area contributed by atoms with E-state index < -0.39 is 0 Å². The van der Waals surface area contributed by atoms with Crippen LogP contribution in [0.5, 0.6) is 0 Å². The second-order valence-corrected chi connectivity index (χ2v) is 7.37. The van der Waals surface area contributed by atoms with Crippen LogP contribution in [0.2, 0.25) is 0 Å². The largest absolute Gasteiger partial charge is 0.444 e. The molecule has 0 spiro atoms. The molecule has 0 aliphatic rings. The Hall–Kier alpha value is -3.12. The van der Waals surface area contributed by atoms with Crippen LogP contribution >= 0.6 is 11.8 Å². The summed E-state index contributed by atoms with van der Waals surface area (Å²) in [4.78, 5) is 21.2. The van der Waals surface area contributed by atoms with Crippen LogP contribution in [-0.2, 0) is 10.5 Å². The zero-order chi connectivity index (χ0) is 19.3. The number of nitrogens with one attached hydrogen (secondary N) is 1. The van der Waals surface area contributed by atoms with Crippen molar-refractivity contribution in [2.45, 2.75) is 12.7 Å². The number of amides is 1. The van der Waals surface area contributed by atoms with Gasteiger partial charge in [-0.05, 0) is 42.8 Å². The minimum atomic E-state index is -0.0502. The molecule has 0 bridgehead atoms. The van der Waals surface area contributed by atoms with Crippen LogP contribution in [-0.4, -0.2) is 21.6 Å². The predicted molar refractivity (Wildman–Crippen MR) is 113 cm³/mol. The summed E-state index contributed by atoms with van der Waals surface area (Å²) in [5.41, 5.74) is 4.54. The minimum Gasteiger partial charge on any atom is -0.444 e. The molecule has 2 heterocycles. The second kappa shape index (κ2) is 8.27. The normalized spacial score (nSPS) is 10.9. The number of rotatable bonds is 6. The molecule has 0 aliphatic heterocycles. The van der Waals surface area contributed by atoms with E-state index in [1.807, 2.05) is 61.5 Å². The third kappa shape index (κ3) is 4.07. The highest BCUT2D eigenvalue weighted by Crippen LogP contribution is 2.25. The third-order valence-electron chi connectivity index (χ3n) is 4.30. The highest BCUT2D eigenvalue weighted by atomic mass is 32.2. The fourth-order valence-electron chi connectivity index (χ4n) is 2.94. The number of nitrogens with zero attached hydrogens (tertiary/aromatic N) is 2. The SMILES string of the molecule is Cc1ccc(NC(=O)CSCc2coc(-c3ccccc3)n2)c2cccnc12. The van der Waals surface area contributed by atoms with Gasteiger partial charge in [0.25, 0.3) is 0 Å². The molecule has 28 heavy (non-hydrogen) atoms. The summed E-state index contributed by atoms with van der Waals surface area (Å²) in [5.74, 6) is 1.49. The third-order valence-corrected chi connectivity index (χ3v) is 5.27. The molecule has 4 aromatic rings. The quantitative estimate of drug-likeness (QED) is 0.499. The molecule has 0 saturated heterocycles. The summed E-state index contributed by atoms with van der Waals surface area (Å²) < 4.78 is 5.53. The van der Waals surface area contributed by atoms with Crippen LogP contribution in [0.15, 0.2) is 71.5 Å². The molecular formula is C22H19N3O2S. The van der Waals surface area contributed by atoms with Crippen LogP contribution in [0, 0.1) is 6.92 Å². The molecule has 0 atom stereocenters. The van der Waals surface area contributed by atoms with E-state index in [2.05, 4.69) is 15.3 Å². The Labute approximate surface area is 167 Å². The fraction of sp³-hybridized carbons (Fsp3) is 0.136. The number of pyridine rings is 1. The van der Waals surface area contributed by atoms with Gasteiger partial charge in [-0.15, -0.1) is 11.8 Å². The lowest BCUT2D eigenvalue weighted by atomic mass is 10.1. The van der Waals surface area contributed by atoms with Gasteiger partial charge in [0.1, 0.15) is 6.26 Å². The van der Waals surface area contributed by atoms with Crippen molar-refractivity contribution in [3.63, 3.8) is 0 Å². The lowest BCUT2D eigenvalue weighted by Gasteiger charge is -2.09. The van der Waals surface area contributed by atoms with E-state index in [0.717, 1.165) is 33.4 Å². The van der Waals surface area contributed by atoms with Crippen molar-refractivity contribution in [1.29, 1.82) is 0 Å². The van der Waals surface area contributed by atoms with Crippen molar-refractivity contribution in [1.82, 2.24) is 9.97 Å². The Balaban J connectivity index is 1.35. The van der Waals surface area contributed by atoms with E-state index in [1.165, 1.54) is 11.8 Å². The van der Waals surface area contributed by atoms with Crippen molar-refractivity contribution >= 4 is 34.3 Å². The van der Waals surface area contributed by atoms with E-state index in [0.29, 0.717) is 17.4 Å². The maximum Gasteiger partial charge on any atom is 0.234 e. The molecule has 2 aromatic carbocycles. The Bertz CT molecular complexity index is 1110. The summed E-state index contributed by atoms with van der Waals surface area (Å²) in [5, 5.41) is 3.93. The Morgan fingerprint density at radius 1 is 1.11 bits per heavy atom. The number of benzene rings is 2. The van der Waals surface area contributed by atoms with Crippen molar-refractivity contribution in [3.05, 3.63) is 78.3 Å². The van der Waals surface area contributed by atoms with Gasteiger partial charge < -0.3 is 9.73 Å². The van der Waals surface area contributed by atoms with E-state index >= 15 is 0 Å². The monoisotopic (exact) mass is 389 g/mol. The smallest absolute Gasteiger partial charge is 0.234 e. The zero-order valence-corrected chi connectivity index (χ0v) is 16.2. The minimum absolute atomic E-state index is 0.0502. The van der Waals surface area contributed by atoms with Crippen LogP contribution < -0.4 is 5.32 Å². The average Bonchev–Trinajstić information content (AvgIpc) is 3.20. The van der Waals surface area contributed by atoms with Gasteiger partial charge in [-0.1, -0.05) is 24.3 Å². The summed E-state index contributed by atoms with van der Waals surface area (Å²) in [6, 6.07) is 17.5. The van der Waals surface area contributed by atoms with Gasteiger partial charge in [0, 0.05) is 22.9 Å². The molecular weight excluding hydrogens is 370 g/mol. The zero-order valence-electron chi connectivity index (χ0n) is 15.4. The van der Waals surface area contributed by atoms with Crippen molar-refractivity contribution in [2.24, 2.45) is 0 Å². The molecule has 2 aromatic heterocycles. The molecule has 1 amide bonds. The Morgan fingerprint density at radius 3 is 2.82 bits per heavy atom. The molecule has 0 aliphatic carbocycles. The number of hydrogen-bond donors (Lipinski definition) is 1. The summed E-state index contributed by atoms with van der Waals surface area (Å²) in [6.07, 6.45) is 3.41. The molecule has 0 fully saturated rings. The first-order valence-corrected chi connectivity index (χ1v) is 10.1. The maximum atomic E-state index is 12.4. The molecule has 1 N–H and O–H groups in total. The van der Waals surface area contributed by atoms with E-state index in [9.17, 15) is 4.79 Å². The lowest BCUT2D eigenvalue weighted by molar-refractivity contribution is -0.113. The number of aryl methyl sites for hydroxylation is 1. The van der Waals surface area contributed by atoms with E-state index in [1.54, 1.807) is 12.5 Å². The van der Waals surface area contributed by atoms with Crippen molar-refractivity contribution in [3.8, 4) is 11.5 Å². The number of carbonyl (C=O) groups excluding carboxylic acids is 1. The molecule has 4 rings (SSSR count). The van der Waals surface area contributed by atoms with Gasteiger partial charge >= 0.3 is 0 Å². The van der Waals surface area contributed by atoms with Crippen molar-refractivity contribution < 1.29 is 9.21 Å². The number of thioether (sulfide) groups is 1. The highest BCUT2D eigenvalue weighted by molar-refractivity contribution is 7.99. The Kier molecular flexibility index (Phi) is 5.39. The van der Waals surface area contributed by atoms with Crippen LogP contribution in [0.1, 0.15) is 11.3 Å². The topological polar surface area (TPSA) is 68.0 Å². The second-order valence-electron chi connectivity index (χ2n) is 6.38. The number of aromatic nitrogens is 2. The van der Waals surface area contributed by atoms with Crippen LogP contribution in [0.4, 0.5) is 5.69 Å². The lowest BCUT2D eigenvalue weighted by Crippen LogP contribution is -2.14. The summed E-state index contributed by atoms with van der Waals surface area (Å²) in [6.45, 7) is 2.01. The first-order chi connectivity index (χ1) is 13.7. The van der Waals surface area contributed by atoms with Gasteiger partial charge in [-0.3, -0.25) is 9.78 Å². The van der Waals surface area contributed by atoms with E-state index in [-0.39, 0.29) is 5.91 Å². The van der Waals surface area contributed by atoms with Gasteiger partial charge in [0.2, 0.25) is 11.8 Å².